The number of hydrogen-bond acceptors (Lipinski definition) is 0. The van der Waals surface area contributed by atoms with Gasteiger partial charge in [0.15, 0.2) is 16.1 Å². The summed E-state index contributed by atoms with van der Waals surface area (Å²) in [5.74, 6) is 0. The van der Waals surface area contributed by atoms with Crippen molar-refractivity contribution < 1.29 is 0 Å². The van der Waals surface area contributed by atoms with E-state index in [9.17, 15) is 0 Å². The Kier molecular flexibility index (Phi) is 9.71. The molecule has 10 rings (SSSR count). The lowest BCUT2D eigenvalue weighted by atomic mass is 10.1. The molecule has 0 saturated heterocycles. The van der Waals surface area contributed by atoms with Gasteiger partial charge in [-0.3, -0.25) is 0 Å². The monoisotopic (exact) mass is 804 g/mol. The molecule has 0 saturated carbocycles. The van der Waals surface area contributed by atoms with Crippen molar-refractivity contribution in [2.45, 2.75) is 13.8 Å². The largest absolute Gasteiger partial charge is 0.179 e. The Morgan fingerprint density at radius 1 is 0.288 bits per heavy atom. The summed E-state index contributed by atoms with van der Waals surface area (Å²) in [5.41, 5.74) is 2.73. The molecule has 59 heavy (non-hydrogen) atoms. The van der Waals surface area contributed by atoms with Gasteiger partial charge in [-0.1, -0.05) is 232 Å². The Labute approximate surface area is 351 Å². The van der Waals surface area contributed by atoms with Crippen molar-refractivity contribution in [3.63, 3.8) is 0 Å². The molecular weight excluding hydrogens is 760 g/mol. The lowest BCUT2D eigenvalue weighted by Gasteiger charge is -2.36. The van der Waals surface area contributed by atoms with Crippen LogP contribution >= 0.6 is 7.53 Å². The zero-order chi connectivity index (χ0) is 39.8. The second-order valence-electron chi connectivity index (χ2n) is 15.7. The topological polar surface area (TPSA) is 0 Å². The number of benzene rings is 9. The average Bonchev–Trinajstić information content (AvgIpc) is 3.61. The summed E-state index contributed by atoms with van der Waals surface area (Å²) in [4.78, 5) is 0. The van der Waals surface area contributed by atoms with Crippen LogP contribution in [0.2, 0.25) is 0 Å². The fourth-order valence-electron chi connectivity index (χ4n) is 10.0. The fraction of sp³-hybridized carbons (Fsp3) is 0.0357. The highest BCUT2D eigenvalue weighted by atomic mass is 31.1. The van der Waals surface area contributed by atoms with E-state index in [0.29, 0.717) is 0 Å². The van der Waals surface area contributed by atoms with Crippen LogP contribution in [0.3, 0.4) is 0 Å². The zero-order valence-electron chi connectivity index (χ0n) is 33.5. The molecule has 1 heterocycles. The maximum absolute atomic E-state index is 2.81. The van der Waals surface area contributed by atoms with Gasteiger partial charge in [0.05, 0.1) is 0 Å². The molecule has 0 aliphatic carbocycles. The van der Waals surface area contributed by atoms with Gasteiger partial charge in [0.1, 0.15) is 0 Å². The third-order valence-electron chi connectivity index (χ3n) is 12.5. The molecule has 0 spiro atoms. The Morgan fingerprint density at radius 2 is 0.525 bits per heavy atom. The maximum atomic E-state index is 2.66. The molecular formula is C56H45PSi2. The van der Waals surface area contributed by atoms with Crippen molar-refractivity contribution in [1.29, 1.82) is 0 Å². The first-order valence-electron chi connectivity index (χ1n) is 20.6. The van der Waals surface area contributed by atoms with E-state index in [-0.39, 0.29) is 0 Å². The molecule has 0 aliphatic heterocycles. The molecule has 9 aromatic carbocycles. The van der Waals surface area contributed by atoms with Crippen LogP contribution in [0.15, 0.2) is 237 Å². The van der Waals surface area contributed by atoms with E-state index in [0.717, 1.165) is 0 Å². The maximum Gasteiger partial charge on any atom is 0.179 e. The summed E-state index contributed by atoms with van der Waals surface area (Å²) >= 11 is 0. The second kappa shape index (κ2) is 15.5. The Balaban J connectivity index is 1.38. The quantitative estimate of drug-likeness (QED) is 0.101. The Morgan fingerprint density at radius 3 is 0.780 bits per heavy atom. The second-order valence-corrected chi connectivity index (χ2v) is 25.4. The van der Waals surface area contributed by atoms with Crippen molar-refractivity contribution in [2.75, 3.05) is 0 Å². The van der Waals surface area contributed by atoms with Gasteiger partial charge in [0, 0.05) is 10.2 Å². The SMILES string of the molecule is Cc1cc2c(cc1[Si](c1ccccc1)(c1ccccc1)c1ccccc1)c1cc([Si](c3ccccc3)(c3ccccc3)c3ccccc3)c(C)cc1p2-c1ccccc1. The average molecular weight is 805 g/mol. The first-order chi connectivity index (χ1) is 29.1. The van der Waals surface area contributed by atoms with E-state index in [2.05, 4.69) is 250 Å². The van der Waals surface area contributed by atoms with Crippen molar-refractivity contribution in [1.82, 2.24) is 0 Å². The third-order valence-corrected chi connectivity index (χ3v) is 24.9. The first kappa shape index (κ1) is 37.0. The van der Waals surface area contributed by atoms with Crippen LogP contribution in [0.5, 0.6) is 0 Å². The highest BCUT2D eigenvalue weighted by molar-refractivity contribution is 7.68. The van der Waals surface area contributed by atoms with Gasteiger partial charge in [0.25, 0.3) is 0 Å². The predicted octanol–water partition coefficient (Wildman–Crippen LogP) is 9.34. The van der Waals surface area contributed by atoms with Crippen molar-refractivity contribution in [3.05, 3.63) is 248 Å². The summed E-state index contributed by atoms with van der Waals surface area (Å²) in [5, 5.41) is 18.4. The molecule has 0 nitrogen and oxygen atoms in total. The summed E-state index contributed by atoms with van der Waals surface area (Å²) < 4.78 is 0. The summed E-state index contributed by atoms with van der Waals surface area (Å²) in [7, 11) is -6.42. The van der Waals surface area contributed by atoms with Gasteiger partial charge in [-0.2, -0.15) is 0 Å². The molecule has 0 unspecified atom stereocenters. The minimum absolute atomic E-state index is 0.795. The van der Waals surface area contributed by atoms with Gasteiger partial charge in [-0.25, -0.2) is 0 Å². The van der Waals surface area contributed by atoms with Crippen molar-refractivity contribution >= 4 is 86.2 Å². The number of rotatable bonds is 9. The zero-order valence-corrected chi connectivity index (χ0v) is 36.4. The molecule has 0 radical (unpaired) electrons. The predicted molar refractivity (Wildman–Crippen MR) is 262 cm³/mol. The lowest BCUT2D eigenvalue weighted by molar-refractivity contribution is 1.54. The van der Waals surface area contributed by atoms with Gasteiger partial charge in [-0.05, 0) is 94.7 Å². The van der Waals surface area contributed by atoms with Gasteiger partial charge < -0.3 is 0 Å². The lowest BCUT2D eigenvalue weighted by Crippen LogP contribution is -2.75. The van der Waals surface area contributed by atoms with Gasteiger partial charge in [-0.15, -0.1) is 0 Å². The molecule has 282 valence electrons. The van der Waals surface area contributed by atoms with Gasteiger partial charge >= 0.3 is 0 Å². The normalized spacial score (nSPS) is 11.9. The van der Waals surface area contributed by atoms with E-state index in [1.54, 1.807) is 0 Å². The molecule has 0 fully saturated rings. The van der Waals surface area contributed by atoms with Crippen LogP contribution in [0.1, 0.15) is 11.1 Å². The van der Waals surface area contributed by atoms with Crippen LogP contribution in [0.25, 0.3) is 26.3 Å². The summed E-state index contributed by atoms with van der Waals surface area (Å²) in [6.45, 7) is 4.75. The van der Waals surface area contributed by atoms with E-state index in [1.165, 1.54) is 78.9 Å². The Hall–Kier alpha value is -6.29. The molecule has 0 bridgehead atoms. The van der Waals surface area contributed by atoms with E-state index in [1.807, 2.05) is 0 Å². The standard InChI is InChI=1S/C56H45PSi2/c1-42-38-53-51(40-55(42)58(45-26-12-4-13-27-45,46-28-14-5-15-29-46)47-30-16-6-17-31-47)52-41-56(43(2)39-54(52)57(53)44-24-10-3-11-25-44)59(48-32-18-7-19-33-48,49-34-20-8-21-35-49)50-36-22-9-23-37-50/h3-41H,1-2H3. The molecule has 10 aromatic rings. The minimum atomic E-state index is -2.81. The van der Waals surface area contributed by atoms with Crippen molar-refractivity contribution in [3.8, 4) is 5.30 Å². The number of fused-ring (bicyclic) bond motifs is 3. The molecule has 0 N–H and O–H groups in total. The fourth-order valence-corrected chi connectivity index (χ4v) is 22.9. The number of aryl methyl sites for hydroxylation is 2. The smallest absolute Gasteiger partial charge is 0.0772 e. The first-order valence-corrected chi connectivity index (χ1v) is 25.9. The third kappa shape index (κ3) is 6.02. The van der Waals surface area contributed by atoms with E-state index in [4.69, 9.17) is 0 Å². The molecule has 3 heteroatoms. The minimum Gasteiger partial charge on any atom is -0.0772 e. The van der Waals surface area contributed by atoms with Crippen LogP contribution in [0.4, 0.5) is 0 Å². The highest BCUT2D eigenvalue weighted by Crippen LogP contribution is 2.55. The molecule has 0 aliphatic rings. The highest BCUT2D eigenvalue weighted by Gasteiger charge is 2.44. The molecule has 0 atom stereocenters. The van der Waals surface area contributed by atoms with Crippen LogP contribution in [0, 0.1) is 13.8 Å². The van der Waals surface area contributed by atoms with Gasteiger partial charge in [0.2, 0.25) is 0 Å². The number of hydrogen-bond donors (Lipinski definition) is 0. The van der Waals surface area contributed by atoms with Crippen LogP contribution in [-0.2, 0) is 0 Å². The van der Waals surface area contributed by atoms with Crippen LogP contribution < -0.4 is 41.5 Å². The van der Waals surface area contributed by atoms with Crippen LogP contribution in [-0.4, -0.2) is 16.1 Å². The van der Waals surface area contributed by atoms with E-state index < -0.39 is 23.7 Å². The summed E-state index contributed by atoms with van der Waals surface area (Å²) in [6, 6.07) is 90.0. The Bertz CT molecular complexity index is 2640. The molecule has 0 amide bonds. The summed E-state index contributed by atoms with van der Waals surface area (Å²) in [6.07, 6.45) is 0. The molecule has 1 aromatic heterocycles. The van der Waals surface area contributed by atoms with Crippen molar-refractivity contribution in [2.24, 2.45) is 0 Å². The van der Waals surface area contributed by atoms with E-state index >= 15 is 0 Å².